The van der Waals surface area contributed by atoms with Crippen molar-refractivity contribution in [3.63, 3.8) is 0 Å². The summed E-state index contributed by atoms with van der Waals surface area (Å²) >= 11 is 3.23. The zero-order valence-corrected chi connectivity index (χ0v) is 13.8. The molecule has 6 nitrogen and oxygen atoms in total. The number of halogens is 1. The van der Waals surface area contributed by atoms with Crippen LogP contribution >= 0.6 is 15.9 Å². The van der Waals surface area contributed by atoms with Crippen LogP contribution in [0.4, 0.5) is 5.82 Å². The monoisotopic (exact) mass is 360 g/mol. The van der Waals surface area contributed by atoms with Crippen molar-refractivity contribution in [1.82, 2.24) is 9.29 Å². The first-order chi connectivity index (χ1) is 9.43. The quantitative estimate of drug-likeness (QED) is 0.805. The molecule has 0 aliphatic rings. The summed E-state index contributed by atoms with van der Waals surface area (Å²) in [6.07, 6.45) is 2.56. The lowest BCUT2D eigenvalue weighted by atomic mass is 10.4. The number of nitrogens with zero attached hydrogens (tertiary/aromatic N) is 3. The van der Waals surface area contributed by atoms with Gasteiger partial charge in [0.2, 0.25) is 10.0 Å². The molecular formula is C12H17BrN4O2S. The third kappa shape index (κ3) is 4.16. The van der Waals surface area contributed by atoms with E-state index in [9.17, 15) is 8.42 Å². The first-order valence-electron chi connectivity index (χ1n) is 6.16. The molecule has 1 rings (SSSR count). The first-order valence-corrected chi connectivity index (χ1v) is 8.39. The molecule has 1 aromatic rings. The van der Waals surface area contributed by atoms with Gasteiger partial charge in [-0.25, -0.2) is 13.4 Å². The Morgan fingerprint density at radius 2 is 2.25 bits per heavy atom. The summed E-state index contributed by atoms with van der Waals surface area (Å²) in [6.45, 7) is 2.77. The molecule has 0 bridgehead atoms. The fourth-order valence-electron chi connectivity index (χ4n) is 1.49. The van der Waals surface area contributed by atoms with E-state index >= 15 is 0 Å². The molecule has 0 radical (unpaired) electrons. The van der Waals surface area contributed by atoms with Crippen LogP contribution < -0.4 is 5.32 Å². The van der Waals surface area contributed by atoms with Gasteiger partial charge in [-0.3, -0.25) is 0 Å². The zero-order valence-electron chi connectivity index (χ0n) is 11.4. The van der Waals surface area contributed by atoms with Crippen LogP contribution in [0.25, 0.3) is 0 Å². The van der Waals surface area contributed by atoms with Crippen molar-refractivity contribution in [2.75, 3.05) is 25.5 Å². The normalized spacial score (nSPS) is 11.3. The van der Waals surface area contributed by atoms with Crippen LogP contribution in [0.15, 0.2) is 21.6 Å². The van der Waals surface area contributed by atoms with Crippen LogP contribution in [-0.2, 0) is 10.0 Å². The molecule has 0 spiro atoms. The van der Waals surface area contributed by atoms with Gasteiger partial charge in [0.05, 0.1) is 6.07 Å². The average molecular weight is 361 g/mol. The molecule has 1 aromatic heterocycles. The molecule has 0 atom stereocenters. The topological polar surface area (TPSA) is 86.1 Å². The highest BCUT2D eigenvalue weighted by atomic mass is 79.9. The summed E-state index contributed by atoms with van der Waals surface area (Å²) in [5.74, 6) is 0.332. The summed E-state index contributed by atoms with van der Waals surface area (Å²) in [5.41, 5.74) is 0. The number of hydrogen-bond donors (Lipinski definition) is 1. The smallest absolute Gasteiger partial charge is 0.246 e. The van der Waals surface area contributed by atoms with Crippen molar-refractivity contribution in [2.24, 2.45) is 0 Å². The van der Waals surface area contributed by atoms with Gasteiger partial charge >= 0.3 is 0 Å². The molecule has 0 saturated carbocycles. The Labute approximate surface area is 128 Å². The minimum absolute atomic E-state index is 0.112. The Kier molecular flexibility index (Phi) is 6.39. The van der Waals surface area contributed by atoms with Crippen LogP contribution in [-0.4, -0.2) is 37.8 Å². The number of sulfonamides is 1. The highest BCUT2D eigenvalue weighted by Crippen LogP contribution is 2.25. The second-order valence-corrected chi connectivity index (χ2v) is 7.09. The third-order valence-electron chi connectivity index (χ3n) is 2.59. The van der Waals surface area contributed by atoms with Gasteiger partial charge < -0.3 is 5.32 Å². The van der Waals surface area contributed by atoms with Crippen LogP contribution in [0.5, 0.6) is 0 Å². The lowest BCUT2D eigenvalue weighted by Crippen LogP contribution is -2.28. The lowest BCUT2D eigenvalue weighted by molar-refractivity contribution is 0.476. The van der Waals surface area contributed by atoms with E-state index in [1.807, 2.05) is 13.0 Å². The summed E-state index contributed by atoms with van der Waals surface area (Å²) in [7, 11) is -2.21. The largest absolute Gasteiger partial charge is 0.369 e. The molecule has 20 heavy (non-hydrogen) atoms. The summed E-state index contributed by atoms with van der Waals surface area (Å²) in [5, 5.41) is 11.6. The second-order valence-electron chi connectivity index (χ2n) is 4.16. The molecule has 0 aliphatic heterocycles. The van der Waals surface area contributed by atoms with E-state index in [-0.39, 0.29) is 17.9 Å². The van der Waals surface area contributed by atoms with Crippen molar-refractivity contribution in [3.05, 3.63) is 16.7 Å². The van der Waals surface area contributed by atoms with E-state index in [0.717, 1.165) is 10.7 Å². The van der Waals surface area contributed by atoms with E-state index in [2.05, 4.69) is 26.2 Å². The predicted molar refractivity (Wildman–Crippen MR) is 80.8 cm³/mol. The highest BCUT2D eigenvalue weighted by molar-refractivity contribution is 9.10. The summed E-state index contributed by atoms with van der Waals surface area (Å²) in [6, 6.07) is 3.45. The maximum atomic E-state index is 12.5. The van der Waals surface area contributed by atoms with E-state index in [1.165, 1.54) is 13.1 Å². The number of pyridine rings is 1. The predicted octanol–water partition coefficient (Wildman–Crippen LogP) is 2.20. The Balaban J connectivity index is 3.15. The van der Waals surface area contributed by atoms with Crippen molar-refractivity contribution in [2.45, 2.75) is 24.7 Å². The zero-order chi connectivity index (χ0) is 15.2. The SMILES string of the molecule is CCCNc1ncc(Br)cc1S(=O)(=O)N(C)CCC#N. The number of nitriles is 1. The summed E-state index contributed by atoms with van der Waals surface area (Å²) in [4.78, 5) is 4.23. The van der Waals surface area contributed by atoms with Crippen molar-refractivity contribution in [1.29, 1.82) is 5.26 Å². The Morgan fingerprint density at radius 3 is 2.85 bits per heavy atom. The Bertz CT molecular complexity index is 598. The minimum atomic E-state index is -3.67. The number of rotatable bonds is 7. The van der Waals surface area contributed by atoms with Gasteiger partial charge in [-0.05, 0) is 28.4 Å². The van der Waals surface area contributed by atoms with Crippen LogP contribution in [0, 0.1) is 11.3 Å². The van der Waals surface area contributed by atoms with Crippen molar-refractivity contribution >= 4 is 31.8 Å². The van der Waals surface area contributed by atoms with E-state index in [4.69, 9.17) is 5.26 Å². The van der Waals surface area contributed by atoms with Gasteiger partial charge in [-0.1, -0.05) is 6.92 Å². The van der Waals surface area contributed by atoms with Crippen molar-refractivity contribution in [3.8, 4) is 6.07 Å². The van der Waals surface area contributed by atoms with Crippen LogP contribution in [0.1, 0.15) is 19.8 Å². The number of hydrogen-bond acceptors (Lipinski definition) is 5. The molecule has 0 aromatic carbocycles. The Morgan fingerprint density at radius 1 is 1.55 bits per heavy atom. The fourth-order valence-corrected chi connectivity index (χ4v) is 3.28. The molecule has 0 fully saturated rings. The molecule has 0 aliphatic carbocycles. The lowest BCUT2D eigenvalue weighted by Gasteiger charge is -2.18. The first kappa shape index (κ1) is 16.9. The highest BCUT2D eigenvalue weighted by Gasteiger charge is 2.25. The molecule has 1 N–H and O–H groups in total. The number of nitrogens with one attached hydrogen (secondary N) is 1. The minimum Gasteiger partial charge on any atom is -0.369 e. The van der Waals surface area contributed by atoms with E-state index in [0.29, 0.717) is 16.8 Å². The third-order valence-corrected chi connectivity index (χ3v) is 4.89. The van der Waals surface area contributed by atoms with Gasteiger partial charge in [0.1, 0.15) is 10.7 Å². The molecule has 0 unspecified atom stereocenters. The fraction of sp³-hybridized carbons (Fsp3) is 0.500. The van der Waals surface area contributed by atoms with Gasteiger partial charge in [0.15, 0.2) is 0 Å². The van der Waals surface area contributed by atoms with Gasteiger partial charge in [-0.15, -0.1) is 0 Å². The van der Waals surface area contributed by atoms with Crippen LogP contribution in [0.3, 0.4) is 0 Å². The van der Waals surface area contributed by atoms with Gasteiger partial charge in [-0.2, -0.15) is 9.57 Å². The van der Waals surface area contributed by atoms with Crippen molar-refractivity contribution < 1.29 is 8.42 Å². The molecule has 1 heterocycles. The molecular weight excluding hydrogens is 344 g/mol. The maximum absolute atomic E-state index is 12.5. The average Bonchev–Trinajstić information content (AvgIpc) is 2.43. The second kappa shape index (κ2) is 7.57. The van der Waals surface area contributed by atoms with E-state index < -0.39 is 10.0 Å². The van der Waals surface area contributed by atoms with E-state index in [1.54, 1.807) is 6.20 Å². The summed E-state index contributed by atoms with van der Waals surface area (Å²) < 4.78 is 26.7. The maximum Gasteiger partial charge on any atom is 0.246 e. The molecule has 0 saturated heterocycles. The van der Waals surface area contributed by atoms with Gasteiger partial charge in [0.25, 0.3) is 0 Å². The standard InChI is InChI=1S/C12H17BrN4O2S/c1-3-6-15-12-11(8-10(13)9-16-12)20(18,19)17(2)7-4-5-14/h8-9H,3-4,6-7H2,1-2H3,(H,15,16). The number of anilines is 1. The number of aromatic nitrogens is 1. The van der Waals surface area contributed by atoms with Crippen LogP contribution in [0.2, 0.25) is 0 Å². The molecule has 0 amide bonds. The molecule has 110 valence electrons. The molecule has 8 heteroatoms. The Hall–Kier alpha value is -1.17. The van der Waals surface area contributed by atoms with Gasteiger partial charge in [0, 0.05) is 37.2 Å².